The second-order valence-electron chi connectivity index (χ2n) is 16.8. The molecule has 0 radical (unpaired) electrons. The van der Waals surface area contributed by atoms with Gasteiger partial charge in [-0.15, -0.1) is 0 Å². The number of carbonyl (C=O) groups is 1. The van der Waals surface area contributed by atoms with E-state index in [-0.39, 0.29) is 19.1 Å². The Morgan fingerprint density at radius 3 is 1.31 bits per heavy atom. The minimum atomic E-state index is -4.54. The minimum Gasteiger partial charge on any atom is -0.756 e. The summed E-state index contributed by atoms with van der Waals surface area (Å²) in [6.45, 7) is 4.61. The van der Waals surface area contributed by atoms with E-state index in [0.717, 1.165) is 44.9 Å². The van der Waals surface area contributed by atoms with Gasteiger partial charge in [-0.1, -0.05) is 200 Å². The number of carbonyl (C=O) groups excluding carboxylic acids is 1. The Labute approximate surface area is 323 Å². The highest BCUT2D eigenvalue weighted by Gasteiger charge is 2.24. The molecule has 0 aromatic heterocycles. The first-order valence-corrected chi connectivity index (χ1v) is 23.8. The number of phosphoric acid groups is 1. The summed E-state index contributed by atoms with van der Waals surface area (Å²) in [4.78, 5) is 25.0. The van der Waals surface area contributed by atoms with Crippen molar-refractivity contribution in [3.8, 4) is 0 Å². The molecule has 0 rings (SSSR count). The SMILES string of the molecule is CCCCCCCCCCCCCCCCCCCCCCCCCCCCC(=O)NC(COP(=O)([O-])OCC[N+](C)(C)C)C(O)CCCCCC. The zero-order valence-electron chi connectivity index (χ0n) is 35.3. The Morgan fingerprint density at radius 1 is 0.596 bits per heavy atom. The molecule has 0 aliphatic carbocycles. The summed E-state index contributed by atoms with van der Waals surface area (Å²) in [5.74, 6) is -0.169. The molecule has 0 aliphatic rings. The van der Waals surface area contributed by atoms with Crippen LogP contribution in [0, 0.1) is 0 Å². The average Bonchev–Trinajstić information content (AvgIpc) is 3.09. The molecule has 0 bridgehead atoms. The second kappa shape index (κ2) is 36.2. The number of aliphatic hydroxyl groups excluding tert-OH is 1. The van der Waals surface area contributed by atoms with Crippen LogP contribution in [0.15, 0.2) is 0 Å². The van der Waals surface area contributed by atoms with E-state index < -0.39 is 20.0 Å². The first-order valence-electron chi connectivity index (χ1n) is 22.4. The van der Waals surface area contributed by atoms with Crippen molar-refractivity contribution >= 4 is 13.7 Å². The number of likely N-dealkylation sites (N-methyl/N-ethyl adjacent to an activating group) is 1. The highest BCUT2D eigenvalue weighted by atomic mass is 31.2. The largest absolute Gasteiger partial charge is 0.756 e. The predicted molar refractivity (Wildman–Crippen MR) is 219 cm³/mol. The van der Waals surface area contributed by atoms with Crippen LogP contribution in [0.1, 0.15) is 219 Å². The van der Waals surface area contributed by atoms with E-state index in [9.17, 15) is 19.4 Å². The lowest BCUT2D eigenvalue weighted by atomic mass is 10.0. The number of unbranched alkanes of at least 4 members (excludes halogenated alkanes) is 28. The standard InChI is InChI=1S/C43H89N2O6P/c1-6-8-10-12-13-14-15-16-17-18-19-20-21-22-23-24-25-26-27-28-29-30-31-32-33-35-37-43(47)44-41(42(46)36-34-11-9-7-2)40-51-52(48,49)50-39-38-45(3,4)5/h41-42,46H,6-40H2,1-5H3,(H-,44,47,48,49). The summed E-state index contributed by atoms with van der Waals surface area (Å²) in [6.07, 6.45) is 39.0. The molecule has 1 amide bonds. The van der Waals surface area contributed by atoms with Crippen LogP contribution in [0.2, 0.25) is 0 Å². The molecule has 0 aliphatic heterocycles. The van der Waals surface area contributed by atoms with Gasteiger partial charge >= 0.3 is 0 Å². The van der Waals surface area contributed by atoms with Gasteiger partial charge in [-0.05, 0) is 12.8 Å². The van der Waals surface area contributed by atoms with Gasteiger partial charge in [0.15, 0.2) is 0 Å². The van der Waals surface area contributed by atoms with Gasteiger partial charge in [0, 0.05) is 6.42 Å². The molecule has 0 saturated carbocycles. The summed E-state index contributed by atoms with van der Waals surface area (Å²) in [6, 6.07) is -0.789. The van der Waals surface area contributed by atoms with Crippen molar-refractivity contribution in [1.29, 1.82) is 0 Å². The van der Waals surface area contributed by atoms with E-state index in [1.54, 1.807) is 0 Å². The molecule has 0 heterocycles. The van der Waals surface area contributed by atoms with Crippen molar-refractivity contribution in [2.45, 2.75) is 231 Å². The van der Waals surface area contributed by atoms with E-state index in [2.05, 4.69) is 19.2 Å². The molecule has 8 nitrogen and oxygen atoms in total. The molecule has 9 heteroatoms. The summed E-state index contributed by atoms with van der Waals surface area (Å²) in [5, 5.41) is 13.6. The van der Waals surface area contributed by atoms with Gasteiger partial charge in [0.25, 0.3) is 7.82 Å². The number of rotatable bonds is 41. The van der Waals surface area contributed by atoms with Crippen LogP contribution in [0.3, 0.4) is 0 Å². The smallest absolute Gasteiger partial charge is 0.268 e. The van der Waals surface area contributed by atoms with Crippen LogP contribution in [0.25, 0.3) is 0 Å². The zero-order chi connectivity index (χ0) is 38.6. The van der Waals surface area contributed by atoms with Crippen molar-refractivity contribution in [3.05, 3.63) is 0 Å². The van der Waals surface area contributed by atoms with Gasteiger partial charge in [0.05, 0.1) is 39.9 Å². The van der Waals surface area contributed by atoms with Crippen molar-refractivity contribution in [1.82, 2.24) is 5.32 Å². The Bertz CT molecular complexity index is 824. The monoisotopic (exact) mass is 761 g/mol. The Balaban J connectivity index is 3.84. The molecule has 52 heavy (non-hydrogen) atoms. The minimum absolute atomic E-state index is 0.0144. The van der Waals surface area contributed by atoms with Crippen molar-refractivity contribution in [2.24, 2.45) is 0 Å². The maximum atomic E-state index is 12.7. The van der Waals surface area contributed by atoms with Crippen LogP contribution in [0.4, 0.5) is 0 Å². The van der Waals surface area contributed by atoms with Gasteiger partial charge in [0.1, 0.15) is 13.2 Å². The number of phosphoric ester groups is 1. The fourth-order valence-electron chi connectivity index (χ4n) is 6.75. The zero-order valence-corrected chi connectivity index (χ0v) is 36.2. The third kappa shape index (κ3) is 37.8. The molecular weight excluding hydrogens is 671 g/mol. The number of nitrogens with zero attached hydrogens (tertiary/aromatic N) is 1. The van der Waals surface area contributed by atoms with Gasteiger partial charge < -0.3 is 28.8 Å². The molecular formula is C43H89N2O6P. The Hall–Kier alpha value is -0.500. The van der Waals surface area contributed by atoms with Crippen LogP contribution in [0.5, 0.6) is 0 Å². The maximum Gasteiger partial charge on any atom is 0.268 e. The second-order valence-corrected chi connectivity index (χ2v) is 18.2. The molecule has 0 aromatic carbocycles. The number of hydrogen-bond acceptors (Lipinski definition) is 6. The van der Waals surface area contributed by atoms with Gasteiger partial charge in [0.2, 0.25) is 5.91 Å². The normalized spacial score (nSPS) is 14.4. The van der Waals surface area contributed by atoms with Crippen molar-refractivity contribution < 1.29 is 32.9 Å². The van der Waals surface area contributed by atoms with Crippen LogP contribution < -0.4 is 10.2 Å². The molecule has 3 unspecified atom stereocenters. The number of hydrogen-bond donors (Lipinski definition) is 2. The molecule has 0 aromatic rings. The summed E-state index contributed by atoms with van der Waals surface area (Å²) in [7, 11) is 1.31. The summed E-state index contributed by atoms with van der Waals surface area (Å²) in [5.41, 5.74) is 0. The van der Waals surface area contributed by atoms with E-state index in [4.69, 9.17) is 9.05 Å². The van der Waals surface area contributed by atoms with Gasteiger partial charge in [-0.3, -0.25) is 9.36 Å². The number of nitrogens with one attached hydrogen (secondary N) is 1. The first kappa shape index (κ1) is 51.5. The van der Waals surface area contributed by atoms with Crippen molar-refractivity contribution in [2.75, 3.05) is 40.9 Å². The van der Waals surface area contributed by atoms with E-state index >= 15 is 0 Å². The molecule has 2 N–H and O–H groups in total. The van der Waals surface area contributed by atoms with Gasteiger partial charge in [-0.2, -0.15) is 0 Å². The van der Waals surface area contributed by atoms with E-state index in [1.807, 2.05) is 21.1 Å². The topological polar surface area (TPSA) is 108 Å². The Morgan fingerprint density at radius 2 is 0.942 bits per heavy atom. The fourth-order valence-corrected chi connectivity index (χ4v) is 7.47. The highest BCUT2D eigenvalue weighted by Crippen LogP contribution is 2.38. The lowest BCUT2D eigenvalue weighted by molar-refractivity contribution is -0.870. The quantitative estimate of drug-likeness (QED) is 0.0365. The summed E-state index contributed by atoms with van der Waals surface area (Å²) >= 11 is 0. The van der Waals surface area contributed by atoms with E-state index in [0.29, 0.717) is 23.9 Å². The Kier molecular flexibility index (Phi) is 35.8. The molecule has 0 fully saturated rings. The average molecular weight is 761 g/mol. The lowest BCUT2D eigenvalue weighted by Crippen LogP contribution is -2.46. The van der Waals surface area contributed by atoms with Gasteiger partial charge in [-0.25, -0.2) is 0 Å². The number of aliphatic hydroxyl groups is 1. The van der Waals surface area contributed by atoms with Crippen LogP contribution >= 0.6 is 7.82 Å². The van der Waals surface area contributed by atoms with E-state index in [1.165, 1.54) is 148 Å². The third-order valence-electron chi connectivity index (χ3n) is 10.3. The maximum absolute atomic E-state index is 12.7. The first-order chi connectivity index (χ1) is 25.0. The fraction of sp³-hybridized carbons (Fsp3) is 0.977. The molecule has 0 saturated heterocycles. The van der Waals surface area contributed by atoms with Crippen LogP contribution in [-0.4, -0.2) is 68.5 Å². The lowest BCUT2D eigenvalue weighted by Gasteiger charge is -2.30. The van der Waals surface area contributed by atoms with Crippen LogP contribution in [-0.2, 0) is 18.4 Å². The number of quaternary nitrogens is 1. The highest BCUT2D eigenvalue weighted by molar-refractivity contribution is 7.45. The van der Waals surface area contributed by atoms with Crippen molar-refractivity contribution in [3.63, 3.8) is 0 Å². The molecule has 3 atom stereocenters. The third-order valence-corrected chi connectivity index (χ3v) is 11.3. The predicted octanol–water partition coefficient (Wildman–Crippen LogP) is 11.6. The summed E-state index contributed by atoms with van der Waals surface area (Å²) < 4.78 is 23.0. The molecule has 0 spiro atoms. The number of amides is 1. The molecule has 312 valence electrons.